The van der Waals surface area contributed by atoms with Crippen LogP contribution in [0.4, 0.5) is 0 Å². The predicted molar refractivity (Wildman–Crippen MR) is 104 cm³/mol. The highest BCUT2D eigenvalue weighted by molar-refractivity contribution is 7.99. The van der Waals surface area contributed by atoms with Gasteiger partial charge in [-0.05, 0) is 12.1 Å². The Morgan fingerprint density at radius 2 is 1.93 bits per heavy atom. The summed E-state index contributed by atoms with van der Waals surface area (Å²) in [5.74, 6) is 3.32. The smallest absolute Gasteiger partial charge is 0.276 e. The van der Waals surface area contributed by atoms with E-state index in [0.717, 1.165) is 31.0 Å². The lowest BCUT2D eigenvalue weighted by atomic mass is 10.2. The summed E-state index contributed by atoms with van der Waals surface area (Å²) in [4.78, 5) is 1.61. The summed E-state index contributed by atoms with van der Waals surface area (Å²) in [5, 5.41) is 8.87. The van der Waals surface area contributed by atoms with Crippen LogP contribution in [0.5, 0.6) is 11.5 Å². The molecular formula is C19H28N3O4S+. The van der Waals surface area contributed by atoms with Crippen molar-refractivity contribution < 1.29 is 23.5 Å². The number of methoxy groups -OCH3 is 2. The number of benzene rings is 1. The van der Waals surface area contributed by atoms with Gasteiger partial charge in [0.2, 0.25) is 5.89 Å². The van der Waals surface area contributed by atoms with Crippen LogP contribution < -0.4 is 14.4 Å². The van der Waals surface area contributed by atoms with Crippen LogP contribution in [0.15, 0.2) is 27.8 Å². The van der Waals surface area contributed by atoms with E-state index in [1.807, 2.05) is 12.1 Å². The second kappa shape index (κ2) is 9.43. The molecule has 8 heteroatoms. The van der Waals surface area contributed by atoms with Gasteiger partial charge in [0.15, 0.2) is 0 Å². The van der Waals surface area contributed by atoms with E-state index in [-0.39, 0.29) is 6.10 Å². The van der Waals surface area contributed by atoms with Crippen LogP contribution in [0.25, 0.3) is 11.5 Å². The van der Waals surface area contributed by atoms with Crippen LogP contribution in [-0.2, 0) is 4.74 Å². The average molecular weight is 395 g/mol. The van der Waals surface area contributed by atoms with Crippen LogP contribution in [0.3, 0.4) is 0 Å². The van der Waals surface area contributed by atoms with Crippen molar-refractivity contribution >= 4 is 11.8 Å². The molecule has 1 N–H and O–H groups in total. The molecule has 27 heavy (non-hydrogen) atoms. The molecule has 0 amide bonds. The molecule has 1 fully saturated rings. The van der Waals surface area contributed by atoms with Crippen LogP contribution >= 0.6 is 11.8 Å². The molecule has 148 valence electrons. The van der Waals surface area contributed by atoms with E-state index in [9.17, 15) is 0 Å². The van der Waals surface area contributed by atoms with Gasteiger partial charge in [0.05, 0.1) is 27.4 Å². The summed E-state index contributed by atoms with van der Waals surface area (Å²) in [6.07, 6.45) is 0.213. The molecular weight excluding hydrogens is 366 g/mol. The van der Waals surface area contributed by atoms with Gasteiger partial charge in [-0.3, -0.25) is 0 Å². The molecule has 0 aliphatic carbocycles. The number of aromatic nitrogens is 2. The van der Waals surface area contributed by atoms with Gasteiger partial charge >= 0.3 is 0 Å². The van der Waals surface area contributed by atoms with E-state index in [1.54, 1.807) is 36.9 Å². The van der Waals surface area contributed by atoms with Crippen molar-refractivity contribution in [3.8, 4) is 23.0 Å². The molecule has 7 nitrogen and oxygen atoms in total. The Labute approximate surface area is 164 Å². The highest BCUT2D eigenvalue weighted by atomic mass is 32.2. The fourth-order valence-electron chi connectivity index (χ4n) is 3.20. The maximum absolute atomic E-state index is 5.90. The summed E-state index contributed by atoms with van der Waals surface area (Å²) in [7, 11) is 3.23. The molecule has 1 aromatic heterocycles. The zero-order chi connectivity index (χ0) is 19.2. The van der Waals surface area contributed by atoms with Crippen LogP contribution in [0.1, 0.15) is 13.8 Å². The number of hydrogen-bond donors (Lipinski definition) is 1. The minimum atomic E-state index is 0.213. The SMILES string of the molecule is COc1cc(OC)cc(-c2nnc(SC[C@@H]3C[NH+](CC(C)C)CCO3)o2)c1. The Bertz CT molecular complexity index is 715. The third-order valence-corrected chi connectivity index (χ3v) is 5.37. The number of thioether (sulfide) groups is 1. The summed E-state index contributed by atoms with van der Waals surface area (Å²) in [6, 6.07) is 5.50. The number of hydrogen-bond acceptors (Lipinski definition) is 7. The van der Waals surface area contributed by atoms with Crippen LogP contribution in [0.2, 0.25) is 0 Å². The maximum Gasteiger partial charge on any atom is 0.276 e. The van der Waals surface area contributed by atoms with Gasteiger partial charge in [-0.1, -0.05) is 25.6 Å². The second-order valence-corrected chi connectivity index (χ2v) is 8.05. The Morgan fingerprint density at radius 3 is 2.59 bits per heavy atom. The molecule has 1 aromatic carbocycles. The fraction of sp³-hybridized carbons (Fsp3) is 0.579. The van der Waals surface area contributed by atoms with Crippen molar-refractivity contribution in [2.75, 3.05) is 46.2 Å². The average Bonchev–Trinajstić information content (AvgIpc) is 3.15. The number of rotatable bonds is 8. The largest absolute Gasteiger partial charge is 0.497 e. The number of morpholine rings is 1. The minimum absolute atomic E-state index is 0.213. The summed E-state index contributed by atoms with van der Waals surface area (Å²) < 4.78 is 22.3. The van der Waals surface area contributed by atoms with Crippen molar-refractivity contribution in [3.05, 3.63) is 18.2 Å². The third kappa shape index (κ3) is 5.60. The van der Waals surface area contributed by atoms with Crippen molar-refractivity contribution in [1.82, 2.24) is 10.2 Å². The van der Waals surface area contributed by atoms with Gasteiger partial charge in [0, 0.05) is 23.3 Å². The van der Waals surface area contributed by atoms with Crippen molar-refractivity contribution in [2.45, 2.75) is 25.2 Å². The van der Waals surface area contributed by atoms with E-state index in [2.05, 4.69) is 24.0 Å². The zero-order valence-electron chi connectivity index (χ0n) is 16.4. The molecule has 0 spiro atoms. The predicted octanol–water partition coefficient (Wildman–Crippen LogP) is 1.79. The lowest BCUT2D eigenvalue weighted by molar-refractivity contribution is -0.914. The van der Waals surface area contributed by atoms with Gasteiger partial charge < -0.3 is 23.5 Å². The van der Waals surface area contributed by atoms with Gasteiger partial charge in [-0.15, -0.1) is 10.2 Å². The Kier molecular flexibility index (Phi) is 6.98. The van der Waals surface area contributed by atoms with E-state index < -0.39 is 0 Å². The van der Waals surface area contributed by atoms with Gasteiger partial charge in [-0.25, -0.2) is 0 Å². The molecule has 1 aliphatic rings. The van der Waals surface area contributed by atoms with E-state index in [4.69, 9.17) is 18.6 Å². The molecule has 2 heterocycles. The summed E-state index contributed by atoms with van der Waals surface area (Å²) >= 11 is 1.54. The topological polar surface area (TPSA) is 71.0 Å². The summed E-state index contributed by atoms with van der Waals surface area (Å²) in [6.45, 7) is 8.64. The molecule has 1 unspecified atom stereocenters. The highest BCUT2D eigenvalue weighted by Crippen LogP contribution is 2.30. The van der Waals surface area contributed by atoms with E-state index in [1.165, 1.54) is 6.54 Å². The fourth-order valence-corrected chi connectivity index (χ4v) is 3.98. The zero-order valence-corrected chi connectivity index (χ0v) is 17.2. The molecule has 2 aromatic rings. The second-order valence-electron chi connectivity index (χ2n) is 7.08. The van der Waals surface area contributed by atoms with Crippen molar-refractivity contribution in [1.29, 1.82) is 0 Å². The lowest BCUT2D eigenvalue weighted by Gasteiger charge is -2.30. The van der Waals surface area contributed by atoms with Crippen molar-refractivity contribution in [2.24, 2.45) is 5.92 Å². The molecule has 0 radical (unpaired) electrons. The van der Waals surface area contributed by atoms with Gasteiger partial charge in [-0.2, -0.15) is 0 Å². The number of nitrogens with zero attached hydrogens (tertiary/aromatic N) is 2. The monoisotopic (exact) mass is 394 g/mol. The van der Waals surface area contributed by atoms with Crippen molar-refractivity contribution in [3.63, 3.8) is 0 Å². The molecule has 1 saturated heterocycles. The molecule has 1 aliphatic heterocycles. The van der Waals surface area contributed by atoms with Crippen LogP contribution in [-0.4, -0.2) is 62.5 Å². The number of ether oxygens (including phenoxy) is 3. The quantitative estimate of drug-likeness (QED) is 0.685. The molecule has 0 saturated carbocycles. The standard InChI is InChI=1S/C19H27N3O4S/c1-13(2)10-22-5-6-25-17(11-22)12-27-19-21-20-18(26-19)14-7-15(23-3)9-16(8-14)24-4/h7-9,13,17H,5-6,10-12H2,1-4H3/p+1/t17-/m0/s1. The Morgan fingerprint density at radius 1 is 1.19 bits per heavy atom. The maximum atomic E-state index is 5.90. The normalized spacial score (nSPS) is 20.0. The number of nitrogens with one attached hydrogen (secondary N) is 1. The van der Waals surface area contributed by atoms with Crippen LogP contribution in [0, 0.1) is 5.92 Å². The number of quaternary nitrogens is 1. The first-order valence-corrected chi connectivity index (χ1v) is 10.2. The molecule has 2 atom stereocenters. The van der Waals surface area contributed by atoms with Gasteiger partial charge in [0.25, 0.3) is 5.22 Å². The first-order valence-electron chi connectivity index (χ1n) is 9.22. The Hall–Kier alpha value is -1.77. The first kappa shape index (κ1) is 20.0. The minimum Gasteiger partial charge on any atom is -0.497 e. The van der Waals surface area contributed by atoms with E-state index >= 15 is 0 Å². The van der Waals surface area contributed by atoms with Gasteiger partial charge in [0.1, 0.15) is 30.7 Å². The summed E-state index contributed by atoms with van der Waals surface area (Å²) in [5.41, 5.74) is 0.770. The molecule has 0 bridgehead atoms. The first-order chi connectivity index (χ1) is 13.1. The third-order valence-electron chi connectivity index (χ3n) is 4.42. The highest BCUT2D eigenvalue weighted by Gasteiger charge is 2.25. The lowest BCUT2D eigenvalue weighted by Crippen LogP contribution is -3.15. The Balaban J connectivity index is 1.60. The van der Waals surface area contributed by atoms with E-state index in [0.29, 0.717) is 28.5 Å². The molecule has 3 rings (SSSR count).